The average molecular weight is 348 g/mol. The molecule has 1 saturated heterocycles. The standard InChI is InChI=1S/C18H22ClN3O2/c1-3-22-10-16(17(11-22)24-2)21-18(23)20-15-9-8-14(19)12-6-4-5-7-13(12)15/h4-9,16-17H,3,10-11H2,1-2H3,(H2,20,21,23)/t16-,17-/m0/s1. The van der Waals surface area contributed by atoms with Crippen molar-refractivity contribution in [2.75, 3.05) is 32.1 Å². The molecule has 0 saturated carbocycles. The normalized spacial score (nSPS) is 21.1. The maximum atomic E-state index is 12.4. The van der Waals surface area contributed by atoms with Gasteiger partial charge in [-0.15, -0.1) is 0 Å². The van der Waals surface area contributed by atoms with Gasteiger partial charge in [0.25, 0.3) is 0 Å². The molecule has 128 valence electrons. The topological polar surface area (TPSA) is 53.6 Å². The number of hydrogen-bond donors (Lipinski definition) is 2. The molecule has 1 heterocycles. The van der Waals surface area contributed by atoms with Gasteiger partial charge in [-0.25, -0.2) is 4.79 Å². The minimum absolute atomic E-state index is 0.0117. The van der Waals surface area contributed by atoms with Gasteiger partial charge in [0.15, 0.2) is 0 Å². The first-order chi connectivity index (χ1) is 11.6. The van der Waals surface area contributed by atoms with Gasteiger partial charge in [0, 0.05) is 36.0 Å². The Kier molecular flexibility index (Phi) is 5.23. The van der Waals surface area contributed by atoms with E-state index in [1.165, 1.54) is 0 Å². The smallest absolute Gasteiger partial charge is 0.319 e. The third-order valence-electron chi connectivity index (χ3n) is 4.53. The summed E-state index contributed by atoms with van der Waals surface area (Å²) < 4.78 is 5.49. The lowest BCUT2D eigenvalue weighted by atomic mass is 10.1. The number of likely N-dealkylation sites (N-methyl/N-ethyl adjacent to an activating group) is 1. The average Bonchev–Trinajstić information content (AvgIpc) is 2.99. The number of methoxy groups -OCH3 is 1. The van der Waals surface area contributed by atoms with Gasteiger partial charge in [0.2, 0.25) is 0 Å². The summed E-state index contributed by atoms with van der Waals surface area (Å²) in [6, 6.07) is 11.1. The van der Waals surface area contributed by atoms with Crippen LogP contribution in [0.25, 0.3) is 10.8 Å². The minimum atomic E-state index is -0.229. The highest BCUT2D eigenvalue weighted by Crippen LogP contribution is 2.29. The number of benzene rings is 2. The predicted molar refractivity (Wildman–Crippen MR) is 97.8 cm³/mol. The zero-order valence-electron chi connectivity index (χ0n) is 13.9. The zero-order valence-corrected chi connectivity index (χ0v) is 14.6. The number of carbonyl (C=O) groups is 1. The highest BCUT2D eigenvalue weighted by atomic mass is 35.5. The van der Waals surface area contributed by atoms with Gasteiger partial charge >= 0.3 is 6.03 Å². The van der Waals surface area contributed by atoms with Crippen LogP contribution in [0.1, 0.15) is 6.92 Å². The number of rotatable bonds is 4. The largest absolute Gasteiger partial charge is 0.378 e. The molecule has 0 aromatic heterocycles. The number of nitrogens with one attached hydrogen (secondary N) is 2. The Labute approximate surface area is 146 Å². The van der Waals surface area contributed by atoms with E-state index in [1.54, 1.807) is 13.2 Å². The molecule has 5 nitrogen and oxygen atoms in total. The lowest BCUT2D eigenvalue weighted by Crippen LogP contribution is -2.45. The van der Waals surface area contributed by atoms with Gasteiger partial charge in [-0.2, -0.15) is 0 Å². The van der Waals surface area contributed by atoms with Crippen LogP contribution in [0.4, 0.5) is 10.5 Å². The summed E-state index contributed by atoms with van der Waals surface area (Å²) in [5.41, 5.74) is 0.742. The molecule has 2 N–H and O–H groups in total. The van der Waals surface area contributed by atoms with Crippen molar-refractivity contribution in [3.63, 3.8) is 0 Å². The van der Waals surface area contributed by atoms with E-state index in [4.69, 9.17) is 16.3 Å². The fourth-order valence-electron chi connectivity index (χ4n) is 3.19. The van der Waals surface area contributed by atoms with Crippen molar-refractivity contribution in [3.8, 4) is 0 Å². The van der Waals surface area contributed by atoms with E-state index in [1.807, 2.05) is 30.3 Å². The van der Waals surface area contributed by atoms with Crippen LogP contribution in [0, 0.1) is 0 Å². The maximum absolute atomic E-state index is 12.4. The van der Waals surface area contributed by atoms with Gasteiger partial charge < -0.3 is 15.4 Å². The molecule has 1 fully saturated rings. The van der Waals surface area contributed by atoms with Crippen molar-refractivity contribution < 1.29 is 9.53 Å². The van der Waals surface area contributed by atoms with Crippen molar-refractivity contribution in [1.29, 1.82) is 0 Å². The van der Waals surface area contributed by atoms with Crippen LogP contribution < -0.4 is 10.6 Å². The Morgan fingerprint density at radius 2 is 2.00 bits per heavy atom. The van der Waals surface area contributed by atoms with Gasteiger partial charge in [0.05, 0.1) is 17.8 Å². The van der Waals surface area contributed by atoms with Gasteiger partial charge in [0.1, 0.15) is 0 Å². The SMILES string of the molecule is CCN1C[C@H](NC(=O)Nc2ccc(Cl)c3ccccc23)[C@@H](OC)C1. The Bertz CT molecular complexity index is 737. The molecule has 1 aliphatic heterocycles. The zero-order chi connectivity index (χ0) is 17.1. The molecule has 2 atom stereocenters. The third kappa shape index (κ3) is 3.48. The molecule has 3 rings (SSSR count). The summed E-state index contributed by atoms with van der Waals surface area (Å²) >= 11 is 6.22. The number of likely N-dealkylation sites (tertiary alicyclic amines) is 1. The molecule has 0 bridgehead atoms. The fourth-order valence-corrected chi connectivity index (χ4v) is 3.41. The maximum Gasteiger partial charge on any atom is 0.319 e. The van der Waals surface area contributed by atoms with Crippen molar-refractivity contribution >= 4 is 34.1 Å². The van der Waals surface area contributed by atoms with E-state index in [0.717, 1.165) is 36.1 Å². The van der Waals surface area contributed by atoms with Crippen molar-refractivity contribution in [1.82, 2.24) is 10.2 Å². The van der Waals surface area contributed by atoms with Gasteiger partial charge in [-0.05, 0) is 18.7 Å². The molecular weight excluding hydrogens is 326 g/mol. The summed E-state index contributed by atoms with van der Waals surface area (Å²) in [5, 5.41) is 8.47. The first-order valence-electron chi connectivity index (χ1n) is 8.12. The quantitative estimate of drug-likeness (QED) is 0.892. The summed E-state index contributed by atoms with van der Waals surface area (Å²) in [4.78, 5) is 14.7. The second kappa shape index (κ2) is 7.38. The number of halogens is 1. The summed E-state index contributed by atoms with van der Waals surface area (Å²) in [5.74, 6) is 0. The summed E-state index contributed by atoms with van der Waals surface area (Å²) in [6.07, 6.45) is 0.0117. The molecule has 1 aliphatic rings. The van der Waals surface area contributed by atoms with Gasteiger partial charge in [-0.3, -0.25) is 4.90 Å². The van der Waals surface area contributed by atoms with E-state index in [0.29, 0.717) is 5.02 Å². The lowest BCUT2D eigenvalue weighted by Gasteiger charge is -2.19. The molecule has 0 radical (unpaired) electrons. The van der Waals surface area contributed by atoms with Crippen LogP contribution in [0.2, 0.25) is 5.02 Å². The van der Waals surface area contributed by atoms with E-state index >= 15 is 0 Å². The van der Waals surface area contributed by atoms with Crippen molar-refractivity contribution in [2.45, 2.75) is 19.1 Å². The van der Waals surface area contributed by atoms with E-state index < -0.39 is 0 Å². The van der Waals surface area contributed by atoms with E-state index in [2.05, 4.69) is 22.5 Å². The number of carbonyl (C=O) groups excluding carboxylic acids is 1. The van der Waals surface area contributed by atoms with E-state index in [-0.39, 0.29) is 18.2 Å². The molecule has 2 aromatic carbocycles. The highest BCUT2D eigenvalue weighted by Gasteiger charge is 2.33. The van der Waals surface area contributed by atoms with Crippen molar-refractivity contribution in [2.24, 2.45) is 0 Å². The summed E-state index contributed by atoms with van der Waals surface area (Å²) in [6.45, 7) is 4.68. The number of hydrogen-bond acceptors (Lipinski definition) is 3. The summed E-state index contributed by atoms with van der Waals surface area (Å²) in [7, 11) is 1.68. The van der Waals surface area contributed by atoms with Crippen LogP contribution in [-0.2, 0) is 4.74 Å². The highest BCUT2D eigenvalue weighted by molar-refractivity contribution is 6.36. The second-order valence-electron chi connectivity index (χ2n) is 5.97. The Balaban J connectivity index is 1.73. The van der Waals surface area contributed by atoms with Crippen LogP contribution in [-0.4, -0.2) is 49.8 Å². The van der Waals surface area contributed by atoms with Crippen molar-refractivity contribution in [3.05, 3.63) is 41.4 Å². The molecular formula is C18H22ClN3O2. The first-order valence-corrected chi connectivity index (χ1v) is 8.50. The number of amides is 2. The van der Waals surface area contributed by atoms with Gasteiger partial charge in [-0.1, -0.05) is 42.8 Å². The molecule has 2 aromatic rings. The molecule has 0 aliphatic carbocycles. The Hall–Kier alpha value is -1.82. The predicted octanol–water partition coefficient (Wildman–Crippen LogP) is 3.33. The molecule has 24 heavy (non-hydrogen) atoms. The number of urea groups is 1. The Morgan fingerprint density at radius 3 is 2.71 bits per heavy atom. The van der Waals surface area contributed by atoms with Crippen LogP contribution >= 0.6 is 11.6 Å². The number of ether oxygens (including phenoxy) is 1. The van der Waals surface area contributed by atoms with Crippen LogP contribution in [0.5, 0.6) is 0 Å². The van der Waals surface area contributed by atoms with E-state index in [9.17, 15) is 4.79 Å². The lowest BCUT2D eigenvalue weighted by molar-refractivity contribution is 0.0926. The number of fused-ring (bicyclic) bond motifs is 1. The number of nitrogens with zero attached hydrogens (tertiary/aromatic N) is 1. The fraction of sp³-hybridized carbons (Fsp3) is 0.389. The van der Waals surface area contributed by atoms with Crippen LogP contribution in [0.15, 0.2) is 36.4 Å². The number of anilines is 1. The Morgan fingerprint density at radius 1 is 1.25 bits per heavy atom. The monoisotopic (exact) mass is 347 g/mol. The molecule has 6 heteroatoms. The molecule has 0 spiro atoms. The minimum Gasteiger partial charge on any atom is -0.378 e. The molecule has 0 unspecified atom stereocenters. The van der Waals surface area contributed by atoms with Crippen LogP contribution in [0.3, 0.4) is 0 Å². The third-order valence-corrected chi connectivity index (χ3v) is 4.86. The molecule has 2 amide bonds. The first kappa shape index (κ1) is 17.0. The second-order valence-corrected chi connectivity index (χ2v) is 6.38.